The van der Waals surface area contributed by atoms with E-state index in [1.165, 1.54) is 11.8 Å². The summed E-state index contributed by atoms with van der Waals surface area (Å²) in [6, 6.07) is 5.77. The van der Waals surface area contributed by atoms with Crippen molar-refractivity contribution in [3.63, 3.8) is 0 Å². The van der Waals surface area contributed by atoms with Crippen LogP contribution in [-0.4, -0.2) is 34.5 Å². The zero-order valence-electron chi connectivity index (χ0n) is 10.8. The van der Waals surface area contributed by atoms with Crippen molar-refractivity contribution in [2.45, 2.75) is 12.1 Å². The van der Waals surface area contributed by atoms with E-state index in [0.717, 1.165) is 26.8 Å². The van der Waals surface area contributed by atoms with Crippen molar-refractivity contribution in [1.29, 1.82) is 0 Å². The second-order valence-electron chi connectivity index (χ2n) is 3.68. The molecule has 0 unspecified atom stereocenters. The lowest BCUT2D eigenvalue weighted by Gasteiger charge is -2.03. The first-order valence-corrected chi connectivity index (χ1v) is 7.51. The van der Waals surface area contributed by atoms with Gasteiger partial charge in [0.2, 0.25) is 5.16 Å². The van der Waals surface area contributed by atoms with Gasteiger partial charge < -0.3 is 4.74 Å². The van der Waals surface area contributed by atoms with Gasteiger partial charge in [-0.05, 0) is 52.9 Å². The number of ether oxygens (including phenoxy) is 1. The van der Waals surface area contributed by atoms with E-state index in [9.17, 15) is 0 Å². The summed E-state index contributed by atoms with van der Waals surface area (Å²) in [6.45, 7) is 1.87. The molecule has 2 rings (SSSR count). The molecule has 0 atom stereocenters. The van der Waals surface area contributed by atoms with Crippen LogP contribution in [0.4, 0.5) is 0 Å². The molecule has 0 saturated carbocycles. The molecule has 1 aromatic heterocycles. The number of aromatic nitrogens is 3. The molecule has 0 aliphatic heterocycles. The van der Waals surface area contributed by atoms with Gasteiger partial charge in [-0.25, -0.2) is 0 Å². The van der Waals surface area contributed by atoms with Crippen molar-refractivity contribution < 1.29 is 4.74 Å². The number of thioether (sulfide) groups is 1. The number of nitrogens with zero attached hydrogens (tertiary/aromatic N) is 4. The standard InChI is InChI=1S/C12H13BrN4OS/c1-8-15-16-12(19-3)17(8)14-7-9-4-5-11(18-2)10(13)6-9/h4-7H,1-3H3/b14-7-. The highest BCUT2D eigenvalue weighted by atomic mass is 79.9. The lowest BCUT2D eigenvalue weighted by molar-refractivity contribution is 0.412. The third-order valence-electron chi connectivity index (χ3n) is 2.45. The zero-order valence-corrected chi connectivity index (χ0v) is 13.2. The van der Waals surface area contributed by atoms with Gasteiger partial charge in [0.05, 0.1) is 17.8 Å². The minimum atomic E-state index is 0.758. The third kappa shape index (κ3) is 3.16. The van der Waals surface area contributed by atoms with E-state index in [1.807, 2.05) is 31.4 Å². The molecular weight excluding hydrogens is 328 g/mol. The van der Waals surface area contributed by atoms with Gasteiger partial charge in [0.15, 0.2) is 5.82 Å². The van der Waals surface area contributed by atoms with Gasteiger partial charge in [-0.15, -0.1) is 10.2 Å². The smallest absolute Gasteiger partial charge is 0.211 e. The molecule has 0 amide bonds. The normalized spacial score (nSPS) is 11.2. The van der Waals surface area contributed by atoms with Crippen LogP contribution < -0.4 is 4.74 Å². The van der Waals surface area contributed by atoms with Gasteiger partial charge in [0.1, 0.15) is 5.75 Å². The van der Waals surface area contributed by atoms with Gasteiger partial charge in [-0.3, -0.25) is 0 Å². The maximum atomic E-state index is 5.19. The third-order valence-corrected chi connectivity index (χ3v) is 3.69. The Kier molecular flexibility index (Phi) is 4.60. The fourth-order valence-electron chi connectivity index (χ4n) is 1.49. The maximum absolute atomic E-state index is 5.19. The molecule has 0 aliphatic carbocycles. The minimum absolute atomic E-state index is 0.758. The summed E-state index contributed by atoms with van der Waals surface area (Å²) >= 11 is 4.95. The average molecular weight is 341 g/mol. The van der Waals surface area contributed by atoms with Gasteiger partial charge in [-0.1, -0.05) is 11.8 Å². The topological polar surface area (TPSA) is 52.3 Å². The lowest BCUT2D eigenvalue weighted by atomic mass is 10.2. The predicted octanol–water partition coefficient (Wildman–Crippen LogP) is 2.96. The van der Waals surface area contributed by atoms with Gasteiger partial charge in [0, 0.05) is 0 Å². The van der Waals surface area contributed by atoms with E-state index in [-0.39, 0.29) is 0 Å². The van der Waals surface area contributed by atoms with Crippen LogP contribution in [-0.2, 0) is 0 Å². The molecule has 0 N–H and O–H groups in total. The number of hydrogen-bond acceptors (Lipinski definition) is 5. The highest BCUT2D eigenvalue weighted by Gasteiger charge is 2.05. The van der Waals surface area contributed by atoms with E-state index < -0.39 is 0 Å². The lowest BCUT2D eigenvalue weighted by Crippen LogP contribution is -1.96. The first kappa shape index (κ1) is 14.1. The second kappa shape index (κ2) is 6.21. The van der Waals surface area contributed by atoms with E-state index in [1.54, 1.807) is 18.0 Å². The Morgan fingerprint density at radius 1 is 1.42 bits per heavy atom. The van der Waals surface area contributed by atoms with Crippen LogP contribution in [0.3, 0.4) is 0 Å². The highest BCUT2D eigenvalue weighted by molar-refractivity contribution is 9.10. The fourth-order valence-corrected chi connectivity index (χ4v) is 2.52. The fraction of sp³-hybridized carbons (Fsp3) is 0.250. The highest BCUT2D eigenvalue weighted by Crippen LogP contribution is 2.25. The molecule has 5 nitrogen and oxygen atoms in total. The average Bonchev–Trinajstić information content (AvgIpc) is 2.77. The molecule has 0 aliphatic rings. The number of benzene rings is 1. The van der Waals surface area contributed by atoms with Crippen molar-refractivity contribution in [3.05, 3.63) is 34.1 Å². The number of aryl methyl sites for hydroxylation is 1. The van der Waals surface area contributed by atoms with Gasteiger partial charge >= 0.3 is 0 Å². The van der Waals surface area contributed by atoms with Crippen LogP contribution in [0.15, 0.2) is 32.9 Å². The molecular formula is C12H13BrN4OS. The first-order valence-electron chi connectivity index (χ1n) is 5.49. The molecule has 2 aromatic rings. The van der Waals surface area contributed by atoms with Crippen molar-refractivity contribution >= 4 is 33.9 Å². The van der Waals surface area contributed by atoms with Crippen LogP contribution in [0.5, 0.6) is 5.75 Å². The molecule has 0 radical (unpaired) electrons. The first-order chi connectivity index (χ1) is 9.15. The van der Waals surface area contributed by atoms with Crippen LogP contribution in [0, 0.1) is 6.92 Å². The summed E-state index contributed by atoms with van der Waals surface area (Å²) in [5, 5.41) is 13.2. The number of halogens is 1. The molecule has 0 saturated heterocycles. The monoisotopic (exact) mass is 340 g/mol. The van der Waals surface area contributed by atoms with Gasteiger partial charge in [0.25, 0.3) is 0 Å². The van der Waals surface area contributed by atoms with Crippen LogP contribution >= 0.6 is 27.7 Å². The number of methoxy groups -OCH3 is 1. The van der Waals surface area contributed by atoms with E-state index in [0.29, 0.717) is 0 Å². The molecule has 19 heavy (non-hydrogen) atoms. The van der Waals surface area contributed by atoms with Crippen LogP contribution in [0.1, 0.15) is 11.4 Å². The maximum Gasteiger partial charge on any atom is 0.211 e. The molecule has 0 bridgehead atoms. The summed E-state index contributed by atoms with van der Waals surface area (Å²) in [4.78, 5) is 0. The Hall–Kier alpha value is -1.34. The summed E-state index contributed by atoms with van der Waals surface area (Å²) in [5.74, 6) is 1.55. The van der Waals surface area contributed by atoms with Crippen molar-refractivity contribution in [2.24, 2.45) is 5.10 Å². The quantitative estimate of drug-likeness (QED) is 0.634. The molecule has 0 fully saturated rings. The zero-order chi connectivity index (χ0) is 13.8. The van der Waals surface area contributed by atoms with E-state index in [2.05, 4.69) is 31.2 Å². The van der Waals surface area contributed by atoms with Crippen molar-refractivity contribution in [3.8, 4) is 5.75 Å². The number of hydrogen-bond donors (Lipinski definition) is 0. The Morgan fingerprint density at radius 3 is 2.84 bits per heavy atom. The Balaban J connectivity index is 2.27. The van der Waals surface area contributed by atoms with Crippen molar-refractivity contribution in [2.75, 3.05) is 13.4 Å². The van der Waals surface area contributed by atoms with Crippen LogP contribution in [0.25, 0.3) is 0 Å². The summed E-state index contributed by atoms with van der Waals surface area (Å²) in [5.41, 5.74) is 0.966. The second-order valence-corrected chi connectivity index (χ2v) is 5.31. The van der Waals surface area contributed by atoms with Gasteiger partial charge in [-0.2, -0.15) is 9.78 Å². The number of rotatable bonds is 4. The molecule has 1 heterocycles. The largest absolute Gasteiger partial charge is 0.496 e. The molecule has 1 aromatic carbocycles. The Morgan fingerprint density at radius 2 is 2.21 bits per heavy atom. The molecule has 0 spiro atoms. The van der Waals surface area contributed by atoms with E-state index >= 15 is 0 Å². The SMILES string of the molecule is COc1ccc(/C=N\n2c(C)nnc2SC)cc1Br. The molecule has 7 heteroatoms. The van der Waals surface area contributed by atoms with E-state index in [4.69, 9.17) is 4.74 Å². The molecule has 100 valence electrons. The summed E-state index contributed by atoms with van der Waals surface area (Å²) in [7, 11) is 1.64. The summed E-state index contributed by atoms with van der Waals surface area (Å²) in [6.07, 6.45) is 3.71. The van der Waals surface area contributed by atoms with Crippen molar-refractivity contribution in [1.82, 2.24) is 14.9 Å². The predicted molar refractivity (Wildman–Crippen MR) is 80.2 cm³/mol. The minimum Gasteiger partial charge on any atom is -0.496 e. The summed E-state index contributed by atoms with van der Waals surface area (Å²) < 4.78 is 7.79. The Bertz CT molecular complexity index is 612. The Labute approximate surface area is 124 Å². The van der Waals surface area contributed by atoms with Crippen LogP contribution in [0.2, 0.25) is 0 Å².